The van der Waals surface area contributed by atoms with Crippen molar-refractivity contribution in [3.05, 3.63) is 58.9 Å². The van der Waals surface area contributed by atoms with E-state index < -0.39 is 0 Å². The van der Waals surface area contributed by atoms with E-state index in [1.807, 2.05) is 11.0 Å². The first-order valence-electron chi connectivity index (χ1n) is 7.48. The first kappa shape index (κ1) is 14.1. The summed E-state index contributed by atoms with van der Waals surface area (Å²) in [5.74, 6) is 0.643. The number of aromatic nitrogens is 4. The molecule has 1 saturated heterocycles. The molecule has 0 unspecified atom stereocenters. The van der Waals surface area contributed by atoms with Gasteiger partial charge in [0.05, 0.1) is 6.04 Å². The number of thiophene rings is 1. The van der Waals surface area contributed by atoms with E-state index in [4.69, 9.17) is 0 Å². The maximum absolute atomic E-state index is 12.9. The van der Waals surface area contributed by atoms with Crippen LogP contribution in [0.5, 0.6) is 0 Å². The summed E-state index contributed by atoms with van der Waals surface area (Å²) in [6.07, 6.45) is 6.72. The van der Waals surface area contributed by atoms with Gasteiger partial charge in [0.2, 0.25) is 0 Å². The van der Waals surface area contributed by atoms with E-state index in [0.717, 1.165) is 19.4 Å². The SMILES string of the molecule is O=C(c1ccnc(-n2cncn2)c1)N1CCC[C@H]1c1cccs1. The van der Waals surface area contributed by atoms with E-state index in [9.17, 15) is 4.79 Å². The average Bonchev–Trinajstić information content (AvgIpc) is 3.35. The molecule has 4 heterocycles. The van der Waals surface area contributed by atoms with Crippen LogP contribution in [0.1, 0.15) is 34.1 Å². The Balaban J connectivity index is 1.63. The standard InChI is InChI=1S/C16H15N5OS/c22-16(20-7-1-3-13(20)14-4-2-8-23-14)12-5-6-18-15(9-12)21-11-17-10-19-21/h2,4-6,8-11,13H,1,3,7H2/t13-/m0/s1. The Labute approximate surface area is 137 Å². The maximum atomic E-state index is 12.9. The number of hydrogen-bond acceptors (Lipinski definition) is 5. The number of carbonyl (C=O) groups excluding carboxylic acids is 1. The van der Waals surface area contributed by atoms with Crippen molar-refractivity contribution in [1.82, 2.24) is 24.6 Å². The number of amides is 1. The molecule has 116 valence electrons. The summed E-state index contributed by atoms with van der Waals surface area (Å²) in [6.45, 7) is 0.794. The molecule has 1 amide bonds. The predicted molar refractivity (Wildman–Crippen MR) is 86.5 cm³/mol. The van der Waals surface area contributed by atoms with Crippen LogP contribution in [0.15, 0.2) is 48.5 Å². The molecule has 0 radical (unpaired) electrons. The van der Waals surface area contributed by atoms with Gasteiger partial charge in [-0.1, -0.05) is 6.07 Å². The van der Waals surface area contributed by atoms with Crippen molar-refractivity contribution in [2.24, 2.45) is 0 Å². The van der Waals surface area contributed by atoms with Crippen molar-refractivity contribution in [3.63, 3.8) is 0 Å². The van der Waals surface area contributed by atoms with Gasteiger partial charge < -0.3 is 4.90 Å². The van der Waals surface area contributed by atoms with Crippen LogP contribution in [0.2, 0.25) is 0 Å². The molecule has 0 saturated carbocycles. The molecule has 0 aromatic carbocycles. The molecule has 7 heteroatoms. The molecule has 0 N–H and O–H groups in total. The molecule has 1 atom stereocenters. The molecule has 23 heavy (non-hydrogen) atoms. The van der Waals surface area contributed by atoms with Crippen LogP contribution in [-0.4, -0.2) is 37.1 Å². The largest absolute Gasteiger partial charge is 0.331 e. The lowest BCUT2D eigenvalue weighted by molar-refractivity contribution is 0.0737. The smallest absolute Gasteiger partial charge is 0.254 e. The van der Waals surface area contributed by atoms with Gasteiger partial charge in [-0.05, 0) is 36.4 Å². The van der Waals surface area contributed by atoms with Gasteiger partial charge in [-0.3, -0.25) is 4.79 Å². The number of nitrogens with zero attached hydrogens (tertiary/aromatic N) is 5. The Morgan fingerprint density at radius 3 is 3.09 bits per heavy atom. The topological polar surface area (TPSA) is 63.9 Å². The fraction of sp³-hybridized carbons (Fsp3) is 0.250. The van der Waals surface area contributed by atoms with Crippen LogP contribution < -0.4 is 0 Å². The summed E-state index contributed by atoms with van der Waals surface area (Å²) >= 11 is 1.71. The van der Waals surface area contributed by atoms with Crippen molar-refractivity contribution < 1.29 is 4.79 Å². The van der Waals surface area contributed by atoms with Gasteiger partial charge in [0.25, 0.3) is 5.91 Å². The Hall–Kier alpha value is -2.54. The Kier molecular flexibility index (Phi) is 3.63. The highest BCUT2D eigenvalue weighted by atomic mass is 32.1. The molecule has 0 bridgehead atoms. The van der Waals surface area contributed by atoms with Gasteiger partial charge in [-0.2, -0.15) is 5.10 Å². The quantitative estimate of drug-likeness (QED) is 0.743. The summed E-state index contributed by atoms with van der Waals surface area (Å²) < 4.78 is 1.55. The van der Waals surface area contributed by atoms with E-state index in [1.165, 1.54) is 11.2 Å². The van der Waals surface area contributed by atoms with Crippen molar-refractivity contribution in [2.75, 3.05) is 6.54 Å². The molecule has 3 aromatic heterocycles. The molecule has 1 fully saturated rings. The molecule has 6 nitrogen and oxygen atoms in total. The second-order valence-electron chi connectivity index (χ2n) is 5.41. The molecule has 1 aliphatic rings. The molecule has 4 rings (SSSR count). The number of likely N-dealkylation sites (tertiary alicyclic amines) is 1. The van der Waals surface area contributed by atoms with Crippen molar-refractivity contribution in [2.45, 2.75) is 18.9 Å². The Bertz CT molecular complexity index is 800. The summed E-state index contributed by atoms with van der Waals surface area (Å²) in [5.41, 5.74) is 0.633. The molecule has 1 aliphatic heterocycles. The highest BCUT2D eigenvalue weighted by molar-refractivity contribution is 7.10. The predicted octanol–water partition coefficient (Wildman–Crippen LogP) is 2.70. The van der Waals surface area contributed by atoms with Crippen LogP contribution >= 0.6 is 11.3 Å². The van der Waals surface area contributed by atoms with Crippen molar-refractivity contribution in [1.29, 1.82) is 0 Å². The summed E-state index contributed by atoms with van der Waals surface area (Å²) in [6, 6.07) is 7.85. The monoisotopic (exact) mass is 325 g/mol. The van der Waals surface area contributed by atoms with Gasteiger partial charge in [0, 0.05) is 23.2 Å². The lowest BCUT2D eigenvalue weighted by Crippen LogP contribution is -2.30. The van der Waals surface area contributed by atoms with Crippen LogP contribution in [0.25, 0.3) is 5.82 Å². The zero-order chi connectivity index (χ0) is 15.6. The maximum Gasteiger partial charge on any atom is 0.254 e. The first-order chi connectivity index (χ1) is 11.3. The van der Waals surface area contributed by atoms with Gasteiger partial charge in [-0.15, -0.1) is 11.3 Å². The summed E-state index contributed by atoms with van der Waals surface area (Å²) in [4.78, 5) is 24.3. The fourth-order valence-corrected chi connectivity index (χ4v) is 3.83. The minimum Gasteiger partial charge on any atom is -0.331 e. The lowest BCUT2D eigenvalue weighted by atomic mass is 10.1. The van der Waals surface area contributed by atoms with E-state index in [1.54, 1.807) is 40.7 Å². The van der Waals surface area contributed by atoms with E-state index in [0.29, 0.717) is 11.4 Å². The van der Waals surface area contributed by atoms with Gasteiger partial charge in [-0.25, -0.2) is 14.6 Å². The van der Waals surface area contributed by atoms with Gasteiger partial charge in [0.1, 0.15) is 12.7 Å². The average molecular weight is 325 g/mol. The third-order valence-corrected chi connectivity index (χ3v) is 5.00. The van der Waals surface area contributed by atoms with Crippen LogP contribution in [-0.2, 0) is 0 Å². The van der Waals surface area contributed by atoms with Crippen LogP contribution in [0.3, 0.4) is 0 Å². The third-order valence-electron chi connectivity index (χ3n) is 4.03. The molecule has 0 spiro atoms. The molecule has 0 aliphatic carbocycles. The molecular formula is C16H15N5OS. The van der Waals surface area contributed by atoms with Crippen molar-refractivity contribution >= 4 is 17.2 Å². The second-order valence-corrected chi connectivity index (χ2v) is 6.39. The van der Waals surface area contributed by atoms with E-state index in [2.05, 4.69) is 26.5 Å². The van der Waals surface area contributed by atoms with Crippen LogP contribution in [0.4, 0.5) is 0 Å². The lowest BCUT2D eigenvalue weighted by Gasteiger charge is -2.24. The Morgan fingerprint density at radius 2 is 2.30 bits per heavy atom. The Morgan fingerprint density at radius 1 is 1.35 bits per heavy atom. The van der Waals surface area contributed by atoms with E-state index >= 15 is 0 Å². The van der Waals surface area contributed by atoms with Crippen molar-refractivity contribution in [3.8, 4) is 5.82 Å². The normalized spacial score (nSPS) is 17.6. The number of pyridine rings is 1. The fourth-order valence-electron chi connectivity index (χ4n) is 2.96. The molecule has 3 aromatic rings. The zero-order valence-electron chi connectivity index (χ0n) is 12.4. The van der Waals surface area contributed by atoms with Crippen LogP contribution in [0, 0.1) is 0 Å². The summed E-state index contributed by atoms with van der Waals surface area (Å²) in [7, 11) is 0. The number of rotatable bonds is 3. The minimum absolute atomic E-state index is 0.0460. The minimum atomic E-state index is 0.0460. The third kappa shape index (κ3) is 2.63. The van der Waals surface area contributed by atoms with Gasteiger partial charge in [0.15, 0.2) is 5.82 Å². The summed E-state index contributed by atoms with van der Waals surface area (Å²) in [5, 5.41) is 6.12. The van der Waals surface area contributed by atoms with E-state index in [-0.39, 0.29) is 11.9 Å². The first-order valence-corrected chi connectivity index (χ1v) is 8.36. The van der Waals surface area contributed by atoms with Gasteiger partial charge >= 0.3 is 0 Å². The zero-order valence-corrected chi connectivity index (χ0v) is 13.2. The number of hydrogen-bond donors (Lipinski definition) is 0. The highest BCUT2D eigenvalue weighted by Crippen LogP contribution is 2.35. The molecular weight excluding hydrogens is 310 g/mol. The highest BCUT2D eigenvalue weighted by Gasteiger charge is 2.31. The second kappa shape index (κ2) is 5.92. The number of carbonyl (C=O) groups is 1.